The zero-order valence-electron chi connectivity index (χ0n) is 11.2. The number of piperidine rings is 1. The van der Waals surface area contributed by atoms with E-state index in [4.69, 9.17) is 5.73 Å². The molecule has 1 aliphatic heterocycles. The molecule has 1 aromatic rings. The molecular weight excluding hydrogens is 246 g/mol. The van der Waals surface area contributed by atoms with Crippen LogP contribution in [0, 0.1) is 5.92 Å². The number of pyridine rings is 1. The molecule has 0 aliphatic carbocycles. The van der Waals surface area contributed by atoms with E-state index in [0.717, 1.165) is 23.5 Å². The fourth-order valence-electron chi connectivity index (χ4n) is 2.98. The van der Waals surface area contributed by atoms with Gasteiger partial charge in [-0.15, -0.1) is 12.4 Å². The number of hydrogen-bond acceptors (Lipinski definition) is 2. The first-order chi connectivity index (χ1) is 8.30. The Labute approximate surface area is 116 Å². The van der Waals surface area contributed by atoms with E-state index in [-0.39, 0.29) is 12.4 Å². The van der Waals surface area contributed by atoms with E-state index in [1.54, 1.807) is 0 Å². The second-order valence-corrected chi connectivity index (χ2v) is 5.12. The first-order valence-electron chi connectivity index (χ1n) is 6.78. The second kappa shape index (κ2) is 7.07. The maximum absolute atomic E-state index is 5.65. The van der Waals surface area contributed by atoms with Gasteiger partial charge in [-0.1, -0.05) is 6.07 Å². The van der Waals surface area contributed by atoms with Gasteiger partial charge >= 0.3 is 0 Å². The van der Waals surface area contributed by atoms with Crippen LogP contribution in [0.5, 0.6) is 0 Å². The number of quaternary nitrogens is 1. The summed E-state index contributed by atoms with van der Waals surface area (Å²) in [6, 6.07) is 6.27. The highest BCUT2D eigenvalue weighted by molar-refractivity contribution is 5.85. The summed E-state index contributed by atoms with van der Waals surface area (Å²) in [6.07, 6.45) is 5.69. The van der Waals surface area contributed by atoms with E-state index < -0.39 is 0 Å². The van der Waals surface area contributed by atoms with E-state index in [0.29, 0.717) is 0 Å². The second-order valence-electron chi connectivity index (χ2n) is 5.12. The molecule has 3 nitrogen and oxygen atoms in total. The van der Waals surface area contributed by atoms with E-state index in [9.17, 15) is 0 Å². The summed E-state index contributed by atoms with van der Waals surface area (Å²) in [4.78, 5) is 4.56. The SMILES string of the molecule is CC[N+]1(c2ccccn2)CCC(CCN)CC1.Cl. The lowest BCUT2D eigenvalue weighted by molar-refractivity contribution is 0.185. The molecular formula is C14H25ClN3+. The molecule has 4 heteroatoms. The molecule has 0 unspecified atom stereocenters. The number of halogens is 1. The minimum atomic E-state index is 0. The van der Waals surface area contributed by atoms with Crippen molar-refractivity contribution in [1.29, 1.82) is 0 Å². The Morgan fingerprint density at radius 2 is 2.06 bits per heavy atom. The zero-order valence-corrected chi connectivity index (χ0v) is 12.0. The van der Waals surface area contributed by atoms with E-state index in [1.807, 2.05) is 12.3 Å². The lowest BCUT2D eigenvalue weighted by Gasteiger charge is -2.41. The largest absolute Gasteiger partial charge is 0.330 e. The Morgan fingerprint density at radius 3 is 2.56 bits per heavy atom. The van der Waals surface area contributed by atoms with Crippen molar-refractivity contribution in [1.82, 2.24) is 9.47 Å². The Morgan fingerprint density at radius 1 is 1.33 bits per heavy atom. The van der Waals surface area contributed by atoms with Crippen molar-refractivity contribution in [3.63, 3.8) is 0 Å². The molecule has 0 bridgehead atoms. The number of hydrogen-bond donors (Lipinski definition) is 1. The Hall–Kier alpha value is -0.640. The van der Waals surface area contributed by atoms with Gasteiger partial charge in [0.05, 0.1) is 19.6 Å². The van der Waals surface area contributed by atoms with Crippen molar-refractivity contribution in [2.24, 2.45) is 11.7 Å². The van der Waals surface area contributed by atoms with Crippen LogP contribution in [0.3, 0.4) is 0 Å². The van der Waals surface area contributed by atoms with Gasteiger partial charge in [0, 0.05) is 25.1 Å². The maximum Gasteiger partial charge on any atom is 0.227 e. The smallest absolute Gasteiger partial charge is 0.227 e. The Balaban J connectivity index is 0.00000162. The fourth-order valence-corrected chi connectivity index (χ4v) is 2.98. The third-order valence-electron chi connectivity index (χ3n) is 4.25. The molecule has 0 saturated carbocycles. The van der Waals surface area contributed by atoms with E-state index in [2.05, 4.69) is 24.0 Å². The molecule has 102 valence electrons. The van der Waals surface area contributed by atoms with E-state index >= 15 is 0 Å². The average molecular weight is 271 g/mol. The average Bonchev–Trinajstić information content (AvgIpc) is 2.41. The molecule has 0 aromatic carbocycles. The molecule has 2 heterocycles. The summed E-state index contributed by atoms with van der Waals surface area (Å²) in [5, 5.41) is 0. The van der Waals surface area contributed by atoms with Gasteiger partial charge in [0.2, 0.25) is 5.82 Å². The summed E-state index contributed by atoms with van der Waals surface area (Å²) in [5.41, 5.74) is 5.65. The molecule has 1 saturated heterocycles. The van der Waals surface area contributed by atoms with Gasteiger partial charge in [-0.25, -0.2) is 4.98 Å². The monoisotopic (exact) mass is 270 g/mol. The highest BCUT2D eigenvalue weighted by Gasteiger charge is 2.35. The predicted octanol–water partition coefficient (Wildman–Crippen LogP) is 2.59. The van der Waals surface area contributed by atoms with Crippen molar-refractivity contribution in [2.45, 2.75) is 26.2 Å². The van der Waals surface area contributed by atoms with Crippen LogP contribution >= 0.6 is 12.4 Å². The van der Waals surface area contributed by atoms with Gasteiger partial charge in [0.25, 0.3) is 0 Å². The molecule has 1 aliphatic rings. The standard InChI is InChI=1S/C14H24N3.ClH/c1-2-17(14-5-3-4-10-16-14)11-7-13(6-9-15)8-12-17;/h3-5,10,13H,2,6-9,11-12,15H2,1H3;1H/q+1;. The van der Waals surface area contributed by atoms with Crippen molar-refractivity contribution >= 4 is 18.2 Å². The van der Waals surface area contributed by atoms with Gasteiger partial charge in [0.15, 0.2) is 0 Å². The third kappa shape index (κ3) is 3.22. The van der Waals surface area contributed by atoms with Crippen LogP contribution in [0.2, 0.25) is 0 Å². The molecule has 0 atom stereocenters. The van der Waals surface area contributed by atoms with Crippen LogP contribution in [-0.2, 0) is 0 Å². The minimum absolute atomic E-state index is 0. The highest BCUT2D eigenvalue weighted by atomic mass is 35.5. The number of nitrogens with two attached hydrogens (primary N) is 1. The van der Waals surface area contributed by atoms with Crippen LogP contribution in [0.25, 0.3) is 0 Å². The van der Waals surface area contributed by atoms with Crippen molar-refractivity contribution in [2.75, 3.05) is 26.2 Å². The van der Waals surface area contributed by atoms with Crippen LogP contribution in [0.4, 0.5) is 5.82 Å². The topological polar surface area (TPSA) is 38.9 Å². The normalized spacial score (nSPS) is 27.6. The summed E-state index contributed by atoms with van der Waals surface area (Å²) >= 11 is 0. The van der Waals surface area contributed by atoms with Crippen molar-refractivity contribution < 1.29 is 0 Å². The predicted molar refractivity (Wildman–Crippen MR) is 79.9 cm³/mol. The lowest BCUT2D eigenvalue weighted by atomic mass is 9.92. The van der Waals surface area contributed by atoms with Crippen LogP contribution in [-0.4, -0.2) is 31.2 Å². The van der Waals surface area contributed by atoms with Crippen LogP contribution in [0.15, 0.2) is 24.4 Å². The summed E-state index contributed by atoms with van der Waals surface area (Å²) < 4.78 is 1.06. The fraction of sp³-hybridized carbons (Fsp3) is 0.643. The van der Waals surface area contributed by atoms with Gasteiger partial charge in [-0.05, 0) is 31.9 Å². The van der Waals surface area contributed by atoms with Crippen LogP contribution in [0.1, 0.15) is 26.2 Å². The number of rotatable bonds is 4. The van der Waals surface area contributed by atoms with Gasteiger partial charge in [-0.3, -0.25) is 4.48 Å². The van der Waals surface area contributed by atoms with Gasteiger partial charge in [0.1, 0.15) is 0 Å². The molecule has 0 radical (unpaired) electrons. The number of nitrogens with zero attached hydrogens (tertiary/aromatic N) is 2. The molecule has 18 heavy (non-hydrogen) atoms. The maximum atomic E-state index is 5.65. The number of aromatic nitrogens is 1. The van der Waals surface area contributed by atoms with E-state index in [1.165, 1.54) is 38.2 Å². The highest BCUT2D eigenvalue weighted by Crippen LogP contribution is 2.30. The van der Waals surface area contributed by atoms with Gasteiger partial charge < -0.3 is 5.73 Å². The molecule has 0 spiro atoms. The number of likely N-dealkylation sites (tertiary alicyclic amines) is 1. The van der Waals surface area contributed by atoms with Crippen molar-refractivity contribution in [3.05, 3.63) is 24.4 Å². The summed E-state index contributed by atoms with van der Waals surface area (Å²) in [6.45, 7) is 6.70. The molecule has 0 amide bonds. The molecule has 1 fully saturated rings. The van der Waals surface area contributed by atoms with Crippen LogP contribution < -0.4 is 10.2 Å². The van der Waals surface area contributed by atoms with Gasteiger partial charge in [-0.2, -0.15) is 0 Å². The lowest BCUT2D eigenvalue weighted by Crippen LogP contribution is -2.54. The first kappa shape index (κ1) is 15.4. The minimum Gasteiger partial charge on any atom is -0.330 e. The zero-order chi connectivity index (χ0) is 12.1. The van der Waals surface area contributed by atoms with Crippen molar-refractivity contribution in [3.8, 4) is 0 Å². The Bertz CT molecular complexity index is 334. The third-order valence-corrected chi connectivity index (χ3v) is 4.25. The summed E-state index contributed by atoms with van der Waals surface area (Å²) in [7, 11) is 0. The molecule has 1 aromatic heterocycles. The Kier molecular flexibility index (Phi) is 6.06. The quantitative estimate of drug-likeness (QED) is 0.854. The molecule has 2 N–H and O–H groups in total. The molecule has 2 rings (SSSR count). The summed E-state index contributed by atoms with van der Waals surface area (Å²) in [5.74, 6) is 2.07. The first-order valence-corrected chi connectivity index (χ1v) is 6.78.